The van der Waals surface area contributed by atoms with Gasteiger partial charge in [0.15, 0.2) is 0 Å². The van der Waals surface area contributed by atoms with Crippen LogP contribution in [0.2, 0.25) is 0 Å². The van der Waals surface area contributed by atoms with Crippen LogP contribution in [0, 0.1) is 5.82 Å². The minimum absolute atomic E-state index is 0.212. The van der Waals surface area contributed by atoms with Crippen molar-refractivity contribution in [1.29, 1.82) is 0 Å². The van der Waals surface area contributed by atoms with Gasteiger partial charge in [0.05, 0.1) is 12.0 Å². The zero-order valence-electron chi connectivity index (χ0n) is 17.3. The standard InChI is InChI=1S/C24H24FN3O2S/c1-17(29)24(18-6-3-2-4-7-18)10-12-28(13-11-24)15-22-27-21(16-31-22)23(30)26-20-9-5-8-19(25)14-20/h2-9,14,16H,10-13,15H2,1H3,(H,26,30). The molecule has 0 saturated carbocycles. The number of anilines is 1. The van der Waals surface area contributed by atoms with Crippen LogP contribution >= 0.6 is 11.3 Å². The maximum Gasteiger partial charge on any atom is 0.275 e. The van der Waals surface area contributed by atoms with E-state index in [2.05, 4.69) is 15.2 Å². The largest absolute Gasteiger partial charge is 0.321 e. The molecule has 0 unspecified atom stereocenters. The quantitative estimate of drug-likeness (QED) is 0.609. The summed E-state index contributed by atoms with van der Waals surface area (Å²) >= 11 is 1.43. The van der Waals surface area contributed by atoms with E-state index in [1.807, 2.05) is 30.3 Å². The number of Topliss-reactive ketones (excluding diaryl/α,β-unsaturated/α-hetero) is 1. The van der Waals surface area contributed by atoms with Crippen LogP contribution in [0.1, 0.15) is 40.8 Å². The lowest BCUT2D eigenvalue weighted by molar-refractivity contribution is -0.124. The third-order valence-corrected chi connectivity index (χ3v) is 6.77. The number of thiazole rings is 1. The van der Waals surface area contributed by atoms with Gasteiger partial charge in [0.1, 0.15) is 22.3 Å². The topological polar surface area (TPSA) is 62.3 Å². The first-order chi connectivity index (χ1) is 15.0. The van der Waals surface area contributed by atoms with Crippen LogP contribution < -0.4 is 5.32 Å². The summed E-state index contributed by atoms with van der Waals surface area (Å²) in [6, 6.07) is 15.8. The van der Waals surface area contributed by atoms with Crippen molar-refractivity contribution in [3.05, 3.63) is 82.1 Å². The molecule has 1 amide bonds. The Morgan fingerprint density at radius 3 is 2.55 bits per heavy atom. The van der Waals surface area contributed by atoms with E-state index in [-0.39, 0.29) is 11.7 Å². The lowest BCUT2D eigenvalue weighted by Crippen LogP contribution is -2.46. The van der Waals surface area contributed by atoms with Gasteiger partial charge in [-0.1, -0.05) is 36.4 Å². The first-order valence-electron chi connectivity index (χ1n) is 10.3. The molecule has 4 rings (SSSR count). The molecule has 1 aliphatic rings. The van der Waals surface area contributed by atoms with E-state index in [1.165, 1.54) is 23.5 Å². The number of halogens is 1. The number of piperidine rings is 1. The predicted octanol–water partition coefficient (Wildman–Crippen LogP) is 4.66. The minimum atomic E-state index is -0.420. The zero-order chi connectivity index (χ0) is 21.8. The second-order valence-electron chi connectivity index (χ2n) is 7.87. The molecule has 0 bridgehead atoms. The molecule has 1 aromatic heterocycles. The van der Waals surface area contributed by atoms with E-state index in [4.69, 9.17) is 0 Å². The van der Waals surface area contributed by atoms with Gasteiger partial charge in [-0.2, -0.15) is 0 Å². The number of nitrogens with one attached hydrogen (secondary N) is 1. The van der Waals surface area contributed by atoms with Crippen molar-refractivity contribution in [3.8, 4) is 0 Å². The number of amides is 1. The van der Waals surface area contributed by atoms with E-state index < -0.39 is 11.2 Å². The number of ketones is 1. The van der Waals surface area contributed by atoms with Gasteiger partial charge in [0, 0.05) is 11.1 Å². The second-order valence-corrected chi connectivity index (χ2v) is 8.81. The fourth-order valence-electron chi connectivity index (χ4n) is 4.13. The van der Waals surface area contributed by atoms with Crippen LogP contribution in [0.25, 0.3) is 0 Å². The van der Waals surface area contributed by atoms with Crippen LogP contribution in [0.5, 0.6) is 0 Å². The summed E-state index contributed by atoms with van der Waals surface area (Å²) < 4.78 is 13.3. The Morgan fingerprint density at radius 2 is 1.87 bits per heavy atom. The molecular weight excluding hydrogens is 413 g/mol. The first kappa shape index (κ1) is 21.3. The fourth-order valence-corrected chi connectivity index (χ4v) is 4.95. The Kier molecular flexibility index (Phi) is 6.25. The first-order valence-corrected chi connectivity index (χ1v) is 11.1. The summed E-state index contributed by atoms with van der Waals surface area (Å²) in [4.78, 5) is 31.7. The van der Waals surface area contributed by atoms with Gasteiger partial charge >= 0.3 is 0 Å². The van der Waals surface area contributed by atoms with Gasteiger partial charge < -0.3 is 5.32 Å². The number of benzene rings is 2. The molecule has 0 spiro atoms. The number of carbonyl (C=O) groups is 2. The number of nitrogens with zero attached hydrogens (tertiary/aromatic N) is 2. The highest BCUT2D eigenvalue weighted by atomic mass is 32.1. The fraction of sp³-hybridized carbons (Fsp3) is 0.292. The lowest BCUT2D eigenvalue weighted by Gasteiger charge is -2.40. The van der Waals surface area contributed by atoms with Crippen LogP contribution in [0.4, 0.5) is 10.1 Å². The normalized spacial score (nSPS) is 16.1. The Hall–Kier alpha value is -2.90. The average molecular weight is 438 g/mol. The molecule has 2 heterocycles. The highest BCUT2D eigenvalue weighted by Crippen LogP contribution is 2.37. The number of likely N-dealkylation sites (tertiary alicyclic amines) is 1. The molecule has 2 aromatic carbocycles. The third-order valence-electron chi connectivity index (χ3n) is 5.94. The number of carbonyl (C=O) groups excluding carboxylic acids is 2. The molecule has 3 aromatic rings. The molecule has 0 radical (unpaired) electrons. The van der Waals surface area contributed by atoms with E-state index >= 15 is 0 Å². The van der Waals surface area contributed by atoms with Crippen molar-refractivity contribution in [2.24, 2.45) is 0 Å². The predicted molar refractivity (Wildman–Crippen MR) is 120 cm³/mol. The molecule has 5 nitrogen and oxygen atoms in total. The van der Waals surface area contributed by atoms with E-state index in [9.17, 15) is 14.0 Å². The van der Waals surface area contributed by atoms with E-state index in [1.54, 1.807) is 24.4 Å². The number of aromatic nitrogens is 1. The zero-order valence-corrected chi connectivity index (χ0v) is 18.1. The van der Waals surface area contributed by atoms with Gasteiger partial charge in [0.25, 0.3) is 5.91 Å². The highest BCUT2D eigenvalue weighted by Gasteiger charge is 2.40. The summed E-state index contributed by atoms with van der Waals surface area (Å²) in [7, 11) is 0. The molecule has 1 aliphatic heterocycles. The molecule has 160 valence electrons. The number of hydrogen-bond donors (Lipinski definition) is 1. The molecular formula is C24H24FN3O2S. The van der Waals surface area contributed by atoms with Crippen molar-refractivity contribution < 1.29 is 14.0 Å². The van der Waals surface area contributed by atoms with Crippen molar-refractivity contribution in [2.75, 3.05) is 18.4 Å². The molecule has 31 heavy (non-hydrogen) atoms. The van der Waals surface area contributed by atoms with Gasteiger partial charge in [-0.25, -0.2) is 9.37 Å². The van der Waals surface area contributed by atoms with Crippen molar-refractivity contribution in [1.82, 2.24) is 9.88 Å². The van der Waals surface area contributed by atoms with Crippen LogP contribution in [-0.4, -0.2) is 34.7 Å². The molecule has 0 aliphatic carbocycles. The van der Waals surface area contributed by atoms with Crippen LogP contribution in [-0.2, 0) is 16.8 Å². The van der Waals surface area contributed by atoms with Crippen LogP contribution in [0.15, 0.2) is 60.0 Å². The van der Waals surface area contributed by atoms with Gasteiger partial charge in [-0.05, 0) is 56.6 Å². The Bertz CT molecular complexity index is 1080. The number of rotatable bonds is 6. The lowest BCUT2D eigenvalue weighted by atomic mass is 9.70. The second kappa shape index (κ2) is 9.08. The van der Waals surface area contributed by atoms with Gasteiger partial charge in [-0.3, -0.25) is 14.5 Å². The average Bonchev–Trinajstić information content (AvgIpc) is 3.23. The number of hydrogen-bond acceptors (Lipinski definition) is 5. The Balaban J connectivity index is 1.38. The van der Waals surface area contributed by atoms with Gasteiger partial charge in [-0.15, -0.1) is 11.3 Å². The summed E-state index contributed by atoms with van der Waals surface area (Å²) in [5.74, 6) is -0.547. The summed E-state index contributed by atoms with van der Waals surface area (Å²) in [5, 5.41) is 5.24. The Morgan fingerprint density at radius 1 is 1.13 bits per heavy atom. The summed E-state index contributed by atoms with van der Waals surface area (Å²) in [6.45, 7) is 3.91. The molecule has 0 atom stereocenters. The molecule has 1 saturated heterocycles. The summed E-state index contributed by atoms with van der Waals surface area (Å²) in [5.41, 5.74) is 1.39. The van der Waals surface area contributed by atoms with Crippen LogP contribution in [0.3, 0.4) is 0 Å². The molecule has 1 N–H and O–H groups in total. The van der Waals surface area contributed by atoms with Crippen molar-refractivity contribution in [3.63, 3.8) is 0 Å². The maximum absolute atomic E-state index is 13.3. The SMILES string of the molecule is CC(=O)C1(c2ccccc2)CCN(Cc2nc(C(=O)Nc3cccc(F)c3)cs2)CC1. The highest BCUT2D eigenvalue weighted by molar-refractivity contribution is 7.09. The van der Waals surface area contributed by atoms with Gasteiger partial charge in [0.2, 0.25) is 0 Å². The van der Waals surface area contributed by atoms with E-state index in [0.717, 1.165) is 36.5 Å². The minimum Gasteiger partial charge on any atom is -0.321 e. The summed E-state index contributed by atoms with van der Waals surface area (Å²) in [6.07, 6.45) is 1.54. The van der Waals surface area contributed by atoms with Crippen molar-refractivity contribution in [2.45, 2.75) is 31.7 Å². The smallest absolute Gasteiger partial charge is 0.275 e. The van der Waals surface area contributed by atoms with E-state index in [0.29, 0.717) is 17.9 Å². The maximum atomic E-state index is 13.3. The monoisotopic (exact) mass is 437 g/mol. The van der Waals surface area contributed by atoms with Crippen molar-refractivity contribution >= 4 is 28.7 Å². The molecule has 1 fully saturated rings. The molecule has 7 heteroatoms. The Labute approximate surface area is 184 Å². The third kappa shape index (κ3) is 4.73.